The van der Waals surface area contributed by atoms with Crippen LogP contribution in [-0.2, 0) is 24.4 Å². The van der Waals surface area contributed by atoms with E-state index in [0.717, 1.165) is 127 Å². The number of nitrogens with one attached hydrogen (secondary N) is 7. The molecule has 3 aliphatic heterocycles. The molecule has 0 saturated carbocycles. The lowest BCUT2D eigenvalue weighted by Crippen LogP contribution is -2.45. The first-order valence-electron chi connectivity index (χ1n) is 31.3. The average molecular weight is 1360 g/mol. The first kappa shape index (κ1) is 61.1. The van der Waals surface area contributed by atoms with E-state index in [1.807, 2.05) is 67.6 Å². The summed E-state index contributed by atoms with van der Waals surface area (Å²) in [5.41, 5.74) is 11.8. The summed E-state index contributed by atoms with van der Waals surface area (Å²) in [7, 11) is 2.11. The van der Waals surface area contributed by atoms with E-state index in [1.165, 1.54) is 12.1 Å². The zero-order valence-corrected chi connectivity index (χ0v) is 54.3. The van der Waals surface area contributed by atoms with E-state index >= 15 is 0 Å². The van der Waals surface area contributed by atoms with Crippen molar-refractivity contribution >= 4 is 136 Å². The molecule has 0 aliphatic carbocycles. The fourth-order valence-corrected chi connectivity index (χ4v) is 12.7. The van der Waals surface area contributed by atoms with Gasteiger partial charge in [0, 0.05) is 93.0 Å². The van der Waals surface area contributed by atoms with E-state index in [9.17, 15) is 4.39 Å². The Kier molecular flexibility index (Phi) is 16.8. The van der Waals surface area contributed by atoms with Crippen LogP contribution >= 0.6 is 34.5 Å². The Hall–Kier alpha value is -10.8. The van der Waals surface area contributed by atoms with Crippen LogP contribution in [-0.4, -0.2) is 179 Å². The minimum atomic E-state index is -0.301. The van der Waals surface area contributed by atoms with Crippen LogP contribution in [0.25, 0.3) is 83.7 Å². The fourth-order valence-electron chi connectivity index (χ4n) is 11.7. The van der Waals surface area contributed by atoms with Crippen molar-refractivity contribution in [1.82, 2.24) is 98.7 Å². The number of ether oxygens (including phenoxy) is 1. The second-order valence-electron chi connectivity index (χ2n) is 23.1. The van der Waals surface area contributed by atoms with Gasteiger partial charge in [0.05, 0.1) is 95.5 Å². The van der Waals surface area contributed by atoms with E-state index in [1.54, 1.807) is 61.4 Å². The Balaban J connectivity index is 0.000000114. The molecular formula is C64H61Cl2FN26O3S. The molecule has 0 bridgehead atoms. The minimum Gasteiger partial charge on any atom is -0.470 e. The molecule has 0 atom stereocenters. The summed E-state index contributed by atoms with van der Waals surface area (Å²) in [5.74, 6) is 5.87. The van der Waals surface area contributed by atoms with Crippen molar-refractivity contribution in [3.8, 4) is 17.1 Å². The van der Waals surface area contributed by atoms with Crippen LogP contribution in [0.15, 0.2) is 136 Å². The summed E-state index contributed by atoms with van der Waals surface area (Å²) in [4.78, 5) is 75.1. The van der Waals surface area contributed by atoms with E-state index in [0.29, 0.717) is 117 Å². The monoisotopic (exact) mass is 1360 g/mol. The number of benzene rings is 3. The largest absolute Gasteiger partial charge is 0.470 e. The van der Waals surface area contributed by atoms with E-state index in [4.69, 9.17) is 66.7 Å². The number of thiophene rings is 1. The van der Waals surface area contributed by atoms with Gasteiger partial charge in [0.1, 0.15) is 54.8 Å². The summed E-state index contributed by atoms with van der Waals surface area (Å²) >= 11 is 13.8. The average Bonchev–Trinajstić information content (AvgIpc) is 1.67. The van der Waals surface area contributed by atoms with Gasteiger partial charge in [-0.15, -0.1) is 0 Å². The van der Waals surface area contributed by atoms with E-state index < -0.39 is 0 Å². The number of morpholine rings is 1. The lowest BCUT2D eigenvalue weighted by molar-refractivity contribution is 0.122. The Labute approximate surface area is 564 Å². The highest BCUT2D eigenvalue weighted by Gasteiger charge is 2.25. The molecule has 3 aromatic carbocycles. The molecule has 0 unspecified atom stereocenters. The first-order valence-corrected chi connectivity index (χ1v) is 33.0. The smallest absolute Gasteiger partial charge is 0.229 e. The van der Waals surface area contributed by atoms with Gasteiger partial charge in [0.2, 0.25) is 17.8 Å². The second-order valence-corrected chi connectivity index (χ2v) is 24.8. The third-order valence-corrected chi connectivity index (χ3v) is 17.9. The standard InChI is InChI=1S/C22H22FN9O.C21H20ClN9S.C21H19ClN8O2/c1-30-5-7-31(8-6-30)22-28-20(19-21(29-22)32(13-25-19)15-4-9-33-12-15)24-11-18-26-16-3-2-14(23)10-17(16)27-18;22-13-1-2-15-16(9-13)27-17(26-15)10-24-19-18-20(31(12-25-18)14-3-8-32-11-14)29-21(28-19)30-6-4-23-5-7-30;22-13-1-2-15-16(9-13)26-17(25-15)10-23-19-18-20(30(12-24-18)14-3-6-32-11-14)28-21(27-19)29-4-7-31-8-5-29/h2-4,9-10,12-13H,5-8,11H2,1H3,(H,26,27)(H,24,28,29);1-3,8-9,11-12,23H,4-7,10H2,(H,26,27)(H,24,28,29);1-3,6,9,11-12H,4-5,7-8,10H2,(H,25,26)(H,23,27,28). The van der Waals surface area contributed by atoms with E-state index in [-0.39, 0.29) is 5.82 Å². The lowest BCUT2D eigenvalue weighted by Gasteiger charge is -2.32. The number of nitrogens with zero attached hydrogens (tertiary/aromatic N) is 19. The lowest BCUT2D eigenvalue weighted by atomic mass is 10.3. The number of halogens is 3. The molecule has 3 saturated heterocycles. The summed E-state index contributed by atoms with van der Waals surface area (Å²) in [6.07, 6.45) is 11.8. The van der Waals surface area contributed by atoms with Crippen LogP contribution in [0.1, 0.15) is 17.5 Å². The highest BCUT2D eigenvalue weighted by molar-refractivity contribution is 7.08. The normalized spacial score (nSPS) is 14.7. The molecule has 15 aromatic rings. The van der Waals surface area contributed by atoms with Crippen LogP contribution in [0.5, 0.6) is 0 Å². The molecule has 3 fully saturated rings. The number of imidazole rings is 6. The summed E-state index contributed by atoms with van der Waals surface area (Å²) in [6.45, 7) is 11.2. The molecule has 3 aliphatic rings. The Morgan fingerprint density at radius 1 is 0.495 bits per heavy atom. The maximum atomic E-state index is 13.5. The molecule has 97 heavy (non-hydrogen) atoms. The third kappa shape index (κ3) is 13.0. The number of hydrogen-bond acceptors (Lipinski definition) is 24. The third-order valence-electron chi connectivity index (χ3n) is 16.7. The molecule has 15 heterocycles. The topological polar surface area (TPSA) is 313 Å². The number of likely N-dealkylation sites (N-methyl/N-ethyl adjacent to an activating group) is 1. The van der Waals surface area contributed by atoms with Crippen molar-refractivity contribution in [1.29, 1.82) is 0 Å². The van der Waals surface area contributed by atoms with Crippen LogP contribution in [0.4, 0.5) is 39.7 Å². The summed E-state index contributed by atoms with van der Waals surface area (Å²) in [6, 6.07) is 21.5. The van der Waals surface area contributed by atoms with Gasteiger partial charge in [0.25, 0.3) is 0 Å². The van der Waals surface area contributed by atoms with Gasteiger partial charge in [-0.3, -0.25) is 13.7 Å². The Morgan fingerprint density at radius 3 is 1.39 bits per heavy atom. The molecule has 18 rings (SSSR count). The van der Waals surface area contributed by atoms with Crippen molar-refractivity contribution in [2.75, 3.05) is 116 Å². The number of piperazine rings is 2. The molecular weight excluding hydrogens is 1300 g/mol. The van der Waals surface area contributed by atoms with Crippen LogP contribution in [0.3, 0.4) is 0 Å². The van der Waals surface area contributed by atoms with Crippen molar-refractivity contribution in [2.45, 2.75) is 19.6 Å². The van der Waals surface area contributed by atoms with Crippen LogP contribution < -0.4 is 36.0 Å². The predicted molar refractivity (Wildman–Crippen MR) is 370 cm³/mol. The SMILES string of the molecule is CN1CCN(c2nc(NCc3nc4ccc(F)cc4[nH]3)c3ncn(-c4ccoc4)c3n2)CC1.Clc1ccc2nc(CNc3nc(N4CCNCC4)nc4c3ncn4-c3ccsc3)[nH]c2c1.Clc1ccc2nc(CNc3nc(N4CCOCC4)nc4c3ncn4-c3ccoc3)[nH]c2c1. The minimum absolute atomic E-state index is 0.301. The molecule has 0 spiro atoms. The zero-order chi connectivity index (χ0) is 65.3. The number of fused-ring (bicyclic) bond motifs is 6. The van der Waals surface area contributed by atoms with Gasteiger partial charge in [-0.1, -0.05) is 23.2 Å². The number of hydrogen-bond donors (Lipinski definition) is 7. The molecule has 7 N–H and O–H groups in total. The second kappa shape index (κ2) is 26.8. The predicted octanol–water partition coefficient (Wildman–Crippen LogP) is 9.60. The van der Waals surface area contributed by atoms with Gasteiger partial charge >= 0.3 is 0 Å². The van der Waals surface area contributed by atoms with Crippen molar-refractivity contribution in [3.05, 3.63) is 161 Å². The molecule has 29 nitrogen and oxygen atoms in total. The molecule has 33 heteroatoms. The number of anilines is 6. The maximum Gasteiger partial charge on any atom is 0.229 e. The number of rotatable bonds is 15. The van der Waals surface area contributed by atoms with Gasteiger partial charge < -0.3 is 69.4 Å². The molecule has 492 valence electrons. The number of aromatic amines is 3. The number of aromatic nitrogens is 18. The first-order chi connectivity index (χ1) is 47.6. The molecule has 0 radical (unpaired) electrons. The van der Waals surface area contributed by atoms with Crippen LogP contribution in [0, 0.1) is 5.82 Å². The highest BCUT2D eigenvalue weighted by Crippen LogP contribution is 2.31. The quantitative estimate of drug-likeness (QED) is 0.0502. The maximum absolute atomic E-state index is 13.5. The summed E-state index contributed by atoms with van der Waals surface area (Å²) in [5, 5.41) is 19.0. The molecule has 0 amide bonds. The van der Waals surface area contributed by atoms with Crippen molar-refractivity contribution < 1.29 is 18.0 Å². The van der Waals surface area contributed by atoms with Crippen molar-refractivity contribution in [2.24, 2.45) is 0 Å². The summed E-state index contributed by atoms with van der Waals surface area (Å²) < 4.78 is 35.3. The number of furan rings is 2. The van der Waals surface area contributed by atoms with Crippen molar-refractivity contribution in [3.63, 3.8) is 0 Å². The van der Waals surface area contributed by atoms with Gasteiger partial charge in [-0.2, -0.15) is 41.2 Å². The van der Waals surface area contributed by atoms with Crippen LogP contribution in [0.2, 0.25) is 10.0 Å². The Morgan fingerprint density at radius 2 is 0.938 bits per heavy atom. The fraction of sp³-hybridized carbons (Fsp3) is 0.250. The highest BCUT2D eigenvalue weighted by atomic mass is 35.5. The number of H-pyrrole nitrogens is 3. The Bertz CT molecular complexity index is 5010. The van der Waals surface area contributed by atoms with Gasteiger partial charge in [-0.25, -0.2) is 34.3 Å². The molecule has 12 aromatic heterocycles. The van der Waals surface area contributed by atoms with Gasteiger partial charge in [-0.05, 0) is 73.1 Å². The van der Waals surface area contributed by atoms with Gasteiger partial charge in [0.15, 0.2) is 50.9 Å². The van der Waals surface area contributed by atoms with E-state index in [2.05, 4.69) is 104 Å². The zero-order valence-electron chi connectivity index (χ0n) is 52.0.